The van der Waals surface area contributed by atoms with E-state index < -0.39 is 17.3 Å². The van der Waals surface area contributed by atoms with Gasteiger partial charge in [-0.1, -0.05) is 12.1 Å². The van der Waals surface area contributed by atoms with Crippen LogP contribution in [0, 0.1) is 12.7 Å². The first-order valence-corrected chi connectivity index (χ1v) is 9.40. The number of nitrogens with one attached hydrogen (secondary N) is 1. The lowest BCUT2D eigenvalue weighted by Gasteiger charge is -2.17. The third-order valence-electron chi connectivity index (χ3n) is 5.85. The van der Waals surface area contributed by atoms with E-state index in [1.807, 2.05) is 25.1 Å². The van der Waals surface area contributed by atoms with Gasteiger partial charge in [-0.25, -0.2) is 9.18 Å². The summed E-state index contributed by atoms with van der Waals surface area (Å²) < 4.78 is 16.3. The molecule has 3 heterocycles. The first kappa shape index (κ1) is 17.1. The summed E-state index contributed by atoms with van der Waals surface area (Å²) in [6.45, 7) is 3.38. The van der Waals surface area contributed by atoms with Crippen LogP contribution in [0.1, 0.15) is 51.4 Å². The van der Waals surface area contributed by atoms with Crippen molar-refractivity contribution in [3.8, 4) is 11.1 Å². The standard InChI is InChI=1S/C22H19FN2O3/c1-11-19(13-4-5-14-8-24-9-15(14)6-13)18(23)10-25-20(11)16(12-2-3-12)7-17(21(25)26)22(27)28/h4-7,10,12,24H,2-3,8-9H2,1H3,(H,27,28). The summed E-state index contributed by atoms with van der Waals surface area (Å²) in [4.78, 5) is 24.2. The number of rotatable bonds is 3. The van der Waals surface area contributed by atoms with E-state index in [2.05, 4.69) is 5.32 Å². The van der Waals surface area contributed by atoms with Crippen molar-refractivity contribution in [2.24, 2.45) is 0 Å². The second-order valence-corrected chi connectivity index (χ2v) is 7.68. The number of halogens is 1. The van der Waals surface area contributed by atoms with Crippen molar-refractivity contribution in [1.29, 1.82) is 0 Å². The van der Waals surface area contributed by atoms with E-state index in [1.54, 1.807) is 0 Å². The van der Waals surface area contributed by atoms with Crippen molar-refractivity contribution in [2.75, 3.05) is 0 Å². The molecule has 0 radical (unpaired) electrons. The molecule has 28 heavy (non-hydrogen) atoms. The zero-order valence-electron chi connectivity index (χ0n) is 15.4. The molecule has 0 saturated heterocycles. The van der Waals surface area contributed by atoms with Crippen LogP contribution in [0.25, 0.3) is 16.6 Å². The van der Waals surface area contributed by atoms with Crippen LogP contribution in [0.5, 0.6) is 0 Å². The number of fused-ring (bicyclic) bond motifs is 2. The quantitative estimate of drug-likeness (QED) is 0.731. The fourth-order valence-corrected chi connectivity index (χ4v) is 4.32. The van der Waals surface area contributed by atoms with Crippen LogP contribution in [-0.2, 0) is 13.1 Å². The molecule has 2 aromatic heterocycles. The summed E-state index contributed by atoms with van der Waals surface area (Å²) >= 11 is 0. The van der Waals surface area contributed by atoms with Crippen LogP contribution in [0.4, 0.5) is 4.39 Å². The highest BCUT2D eigenvalue weighted by molar-refractivity contribution is 5.89. The van der Waals surface area contributed by atoms with Crippen LogP contribution >= 0.6 is 0 Å². The monoisotopic (exact) mass is 378 g/mol. The summed E-state index contributed by atoms with van der Waals surface area (Å²) in [5, 5.41) is 12.7. The Labute approximate surface area is 160 Å². The molecule has 1 aromatic carbocycles. The molecule has 1 saturated carbocycles. The van der Waals surface area contributed by atoms with Gasteiger partial charge in [0.25, 0.3) is 5.56 Å². The molecular formula is C22H19FN2O3. The first-order chi connectivity index (χ1) is 13.5. The lowest BCUT2D eigenvalue weighted by molar-refractivity contribution is 0.0694. The SMILES string of the molecule is Cc1c(-c2ccc3c(c2)CNC3)c(F)cn2c(=O)c(C(=O)O)cc(C3CC3)c12. The molecule has 1 aliphatic heterocycles. The van der Waals surface area contributed by atoms with Gasteiger partial charge in [0, 0.05) is 24.8 Å². The number of carboxylic acid groups (broad SMARTS) is 1. The number of hydrogen-bond acceptors (Lipinski definition) is 3. The molecule has 0 unspecified atom stereocenters. The van der Waals surface area contributed by atoms with Gasteiger partial charge in [-0.3, -0.25) is 9.20 Å². The van der Waals surface area contributed by atoms with Crippen molar-refractivity contribution in [3.63, 3.8) is 0 Å². The number of aromatic nitrogens is 1. The Balaban J connectivity index is 1.83. The first-order valence-electron chi connectivity index (χ1n) is 9.40. The van der Waals surface area contributed by atoms with Gasteiger partial charge in [0.2, 0.25) is 0 Å². The number of pyridine rings is 2. The Bertz CT molecular complexity index is 1220. The molecule has 6 heteroatoms. The molecule has 0 spiro atoms. The fourth-order valence-electron chi connectivity index (χ4n) is 4.32. The Hall–Kier alpha value is -2.99. The van der Waals surface area contributed by atoms with Gasteiger partial charge in [-0.2, -0.15) is 0 Å². The van der Waals surface area contributed by atoms with Crippen molar-refractivity contribution in [1.82, 2.24) is 9.72 Å². The van der Waals surface area contributed by atoms with E-state index in [0.29, 0.717) is 16.6 Å². The average Bonchev–Trinajstić information content (AvgIpc) is 3.39. The van der Waals surface area contributed by atoms with Gasteiger partial charge in [0.1, 0.15) is 11.4 Å². The van der Waals surface area contributed by atoms with E-state index in [0.717, 1.165) is 48.8 Å². The van der Waals surface area contributed by atoms with Crippen molar-refractivity contribution in [2.45, 2.75) is 38.8 Å². The summed E-state index contributed by atoms with van der Waals surface area (Å²) in [5.74, 6) is -1.59. The van der Waals surface area contributed by atoms with Crippen molar-refractivity contribution in [3.05, 3.63) is 74.5 Å². The summed E-state index contributed by atoms with van der Waals surface area (Å²) in [6.07, 6.45) is 3.04. The molecule has 2 aliphatic rings. The molecule has 1 aliphatic carbocycles. The fraction of sp³-hybridized carbons (Fsp3) is 0.273. The van der Waals surface area contributed by atoms with Crippen LogP contribution < -0.4 is 10.9 Å². The second-order valence-electron chi connectivity index (χ2n) is 7.68. The Morgan fingerprint density at radius 3 is 2.68 bits per heavy atom. The maximum Gasteiger partial charge on any atom is 0.341 e. The topological polar surface area (TPSA) is 70.8 Å². The zero-order valence-corrected chi connectivity index (χ0v) is 15.4. The van der Waals surface area contributed by atoms with E-state index in [-0.39, 0.29) is 11.5 Å². The molecule has 0 atom stereocenters. The lowest BCUT2D eigenvalue weighted by atomic mass is 9.94. The molecule has 5 rings (SSSR count). The van der Waals surface area contributed by atoms with E-state index in [4.69, 9.17) is 0 Å². The highest BCUT2D eigenvalue weighted by atomic mass is 19.1. The normalized spacial score (nSPS) is 15.8. The van der Waals surface area contributed by atoms with Crippen molar-refractivity contribution >= 4 is 11.5 Å². The third kappa shape index (κ3) is 2.48. The Morgan fingerprint density at radius 2 is 1.96 bits per heavy atom. The molecule has 3 aromatic rings. The average molecular weight is 378 g/mol. The number of benzene rings is 1. The van der Waals surface area contributed by atoms with Crippen LogP contribution in [0.2, 0.25) is 0 Å². The number of hydrogen-bond donors (Lipinski definition) is 2. The largest absolute Gasteiger partial charge is 0.477 e. The molecular weight excluding hydrogens is 359 g/mol. The van der Waals surface area contributed by atoms with E-state index >= 15 is 4.39 Å². The number of nitrogens with zero attached hydrogens (tertiary/aromatic N) is 1. The van der Waals surface area contributed by atoms with Gasteiger partial charge < -0.3 is 10.4 Å². The molecule has 0 bridgehead atoms. The van der Waals surface area contributed by atoms with E-state index in [9.17, 15) is 14.7 Å². The lowest BCUT2D eigenvalue weighted by Crippen LogP contribution is -2.24. The summed E-state index contributed by atoms with van der Waals surface area (Å²) in [7, 11) is 0. The van der Waals surface area contributed by atoms with Gasteiger partial charge in [0.05, 0.1) is 5.52 Å². The minimum absolute atomic E-state index is 0.218. The number of carboxylic acids is 1. The van der Waals surface area contributed by atoms with Crippen molar-refractivity contribution < 1.29 is 14.3 Å². The predicted octanol–water partition coefficient (Wildman–Crippen LogP) is 3.59. The summed E-state index contributed by atoms with van der Waals surface area (Å²) in [6, 6.07) is 7.40. The van der Waals surface area contributed by atoms with Crippen LogP contribution in [0.15, 0.2) is 35.3 Å². The van der Waals surface area contributed by atoms with E-state index in [1.165, 1.54) is 16.0 Å². The van der Waals surface area contributed by atoms with Crippen LogP contribution in [-0.4, -0.2) is 15.5 Å². The predicted molar refractivity (Wildman–Crippen MR) is 103 cm³/mol. The van der Waals surface area contributed by atoms with Gasteiger partial charge in [-0.15, -0.1) is 0 Å². The molecule has 0 amide bonds. The highest BCUT2D eigenvalue weighted by Crippen LogP contribution is 2.44. The smallest absolute Gasteiger partial charge is 0.341 e. The number of aromatic carboxylic acids is 1. The maximum atomic E-state index is 15.2. The molecule has 142 valence electrons. The summed E-state index contributed by atoms with van der Waals surface area (Å²) in [5.41, 5.74) is 4.72. The maximum absolute atomic E-state index is 15.2. The third-order valence-corrected chi connectivity index (χ3v) is 5.85. The minimum atomic E-state index is -1.28. The Kier molecular flexibility index (Phi) is 3.67. The minimum Gasteiger partial charge on any atom is -0.477 e. The van der Waals surface area contributed by atoms with Gasteiger partial charge >= 0.3 is 5.97 Å². The second kappa shape index (κ2) is 6.01. The highest BCUT2D eigenvalue weighted by Gasteiger charge is 2.30. The van der Waals surface area contributed by atoms with Gasteiger partial charge in [-0.05, 0) is 65.6 Å². The molecule has 5 nitrogen and oxygen atoms in total. The number of aryl methyl sites for hydroxylation is 1. The number of carbonyl (C=O) groups is 1. The Morgan fingerprint density at radius 1 is 1.21 bits per heavy atom. The molecule has 2 N–H and O–H groups in total. The molecule has 1 fully saturated rings. The van der Waals surface area contributed by atoms with Crippen LogP contribution in [0.3, 0.4) is 0 Å². The zero-order chi connectivity index (χ0) is 19.6. The van der Waals surface area contributed by atoms with Gasteiger partial charge in [0.15, 0.2) is 0 Å².